The number of hydrogen-bond donors (Lipinski definition) is 1. The van der Waals surface area contributed by atoms with E-state index in [1.165, 1.54) is 0 Å². The Bertz CT molecular complexity index is 812. The summed E-state index contributed by atoms with van der Waals surface area (Å²) >= 11 is 5.96. The second-order valence-electron chi connectivity index (χ2n) is 6.01. The molecule has 26 heavy (non-hydrogen) atoms. The summed E-state index contributed by atoms with van der Waals surface area (Å²) in [6.45, 7) is 3.40. The number of benzene rings is 1. The van der Waals surface area contributed by atoms with Crippen molar-refractivity contribution < 1.29 is 14.3 Å². The predicted octanol–water partition coefficient (Wildman–Crippen LogP) is 2.78. The Hall–Kier alpha value is -2.60. The molecule has 7 heteroatoms. The quantitative estimate of drug-likeness (QED) is 0.874. The summed E-state index contributed by atoms with van der Waals surface area (Å²) in [7, 11) is 0. The summed E-state index contributed by atoms with van der Waals surface area (Å²) < 4.78 is 5.92. The van der Waals surface area contributed by atoms with Gasteiger partial charge in [-0.2, -0.15) is 0 Å². The number of carbonyl (C=O) groups is 2. The van der Waals surface area contributed by atoms with Crippen LogP contribution < -0.4 is 10.1 Å². The zero-order valence-electron chi connectivity index (χ0n) is 14.4. The lowest BCUT2D eigenvalue weighted by Crippen LogP contribution is -2.31. The van der Waals surface area contributed by atoms with Crippen LogP contribution in [0.25, 0.3) is 0 Å². The Morgan fingerprint density at radius 1 is 1.35 bits per heavy atom. The van der Waals surface area contributed by atoms with Gasteiger partial charge in [0.15, 0.2) is 0 Å². The third-order valence-corrected chi connectivity index (χ3v) is 4.37. The van der Waals surface area contributed by atoms with Gasteiger partial charge in [0.2, 0.25) is 5.88 Å². The number of halogens is 1. The number of likely N-dealkylation sites (tertiary alicyclic amines) is 1. The smallest absolute Gasteiger partial charge is 0.256 e. The standard InChI is InChI=1S/C19H20ClN3O3/c1-2-21-17(24)16-7-4-9-22-18(16)26-15-8-10-23(12-15)19(25)13-5-3-6-14(20)11-13/h3-7,9,11,15H,2,8,10,12H2,1H3,(H,21,24). The average molecular weight is 374 g/mol. The summed E-state index contributed by atoms with van der Waals surface area (Å²) in [4.78, 5) is 30.6. The Kier molecular flexibility index (Phi) is 5.73. The van der Waals surface area contributed by atoms with Crippen molar-refractivity contribution in [3.63, 3.8) is 0 Å². The van der Waals surface area contributed by atoms with Gasteiger partial charge in [-0.25, -0.2) is 4.98 Å². The first-order valence-electron chi connectivity index (χ1n) is 8.53. The highest BCUT2D eigenvalue weighted by atomic mass is 35.5. The van der Waals surface area contributed by atoms with Gasteiger partial charge in [-0.1, -0.05) is 17.7 Å². The second-order valence-corrected chi connectivity index (χ2v) is 6.44. The van der Waals surface area contributed by atoms with Crippen LogP contribution in [0, 0.1) is 0 Å². The van der Waals surface area contributed by atoms with Crippen LogP contribution in [0.15, 0.2) is 42.6 Å². The topological polar surface area (TPSA) is 71.5 Å². The largest absolute Gasteiger partial charge is 0.472 e. The lowest BCUT2D eigenvalue weighted by atomic mass is 10.2. The summed E-state index contributed by atoms with van der Waals surface area (Å²) in [5.74, 6) is -0.00969. The highest BCUT2D eigenvalue weighted by Gasteiger charge is 2.29. The van der Waals surface area contributed by atoms with Gasteiger partial charge >= 0.3 is 0 Å². The van der Waals surface area contributed by atoms with Crippen LogP contribution in [0.4, 0.5) is 0 Å². The molecule has 1 unspecified atom stereocenters. The molecule has 2 amide bonds. The molecule has 1 atom stereocenters. The number of rotatable bonds is 5. The number of pyridine rings is 1. The Balaban J connectivity index is 1.67. The van der Waals surface area contributed by atoms with Gasteiger partial charge in [0.05, 0.1) is 6.54 Å². The molecule has 1 N–H and O–H groups in total. The van der Waals surface area contributed by atoms with Gasteiger partial charge in [-0.05, 0) is 37.3 Å². The van der Waals surface area contributed by atoms with E-state index < -0.39 is 0 Å². The van der Waals surface area contributed by atoms with E-state index in [-0.39, 0.29) is 17.9 Å². The fourth-order valence-electron chi connectivity index (χ4n) is 2.88. The minimum atomic E-state index is -0.222. The van der Waals surface area contributed by atoms with Crippen LogP contribution in [0.2, 0.25) is 5.02 Å². The minimum Gasteiger partial charge on any atom is -0.472 e. The SMILES string of the molecule is CCNC(=O)c1cccnc1OC1CCN(C(=O)c2cccc(Cl)c2)C1. The van der Waals surface area contributed by atoms with E-state index in [0.717, 1.165) is 0 Å². The summed E-state index contributed by atoms with van der Waals surface area (Å²) in [6.07, 6.45) is 2.06. The van der Waals surface area contributed by atoms with E-state index in [9.17, 15) is 9.59 Å². The Morgan fingerprint density at radius 2 is 2.19 bits per heavy atom. The van der Waals surface area contributed by atoms with Crippen molar-refractivity contribution in [2.24, 2.45) is 0 Å². The molecule has 136 valence electrons. The van der Waals surface area contributed by atoms with Gasteiger partial charge in [-0.15, -0.1) is 0 Å². The minimum absolute atomic E-state index is 0.0800. The molecular formula is C19H20ClN3O3. The van der Waals surface area contributed by atoms with E-state index in [1.807, 2.05) is 6.92 Å². The van der Waals surface area contributed by atoms with Crippen molar-refractivity contribution >= 4 is 23.4 Å². The van der Waals surface area contributed by atoms with Crippen molar-refractivity contribution in [2.75, 3.05) is 19.6 Å². The summed E-state index contributed by atoms with van der Waals surface area (Å²) in [5, 5.41) is 3.28. The monoisotopic (exact) mass is 373 g/mol. The first-order valence-corrected chi connectivity index (χ1v) is 8.91. The van der Waals surface area contributed by atoms with E-state index in [2.05, 4.69) is 10.3 Å². The van der Waals surface area contributed by atoms with Gasteiger partial charge < -0.3 is 15.0 Å². The Labute approximate surface area is 157 Å². The average Bonchev–Trinajstić information content (AvgIpc) is 3.10. The van der Waals surface area contributed by atoms with Gasteiger partial charge in [0.1, 0.15) is 11.7 Å². The number of hydrogen-bond acceptors (Lipinski definition) is 4. The van der Waals surface area contributed by atoms with E-state index >= 15 is 0 Å². The number of nitrogens with one attached hydrogen (secondary N) is 1. The molecule has 1 aromatic carbocycles. The molecule has 0 spiro atoms. The van der Waals surface area contributed by atoms with Crippen LogP contribution in [-0.4, -0.2) is 47.4 Å². The van der Waals surface area contributed by atoms with Crippen LogP contribution in [0.5, 0.6) is 5.88 Å². The summed E-state index contributed by atoms with van der Waals surface area (Å²) in [6, 6.07) is 10.3. The van der Waals surface area contributed by atoms with Gasteiger partial charge in [0, 0.05) is 36.3 Å². The van der Waals surface area contributed by atoms with Crippen molar-refractivity contribution in [3.8, 4) is 5.88 Å². The summed E-state index contributed by atoms with van der Waals surface area (Å²) in [5.41, 5.74) is 0.952. The molecule has 0 aliphatic carbocycles. The highest BCUT2D eigenvalue weighted by molar-refractivity contribution is 6.30. The van der Waals surface area contributed by atoms with E-state index in [4.69, 9.17) is 16.3 Å². The second kappa shape index (κ2) is 8.19. The molecule has 1 saturated heterocycles. The Morgan fingerprint density at radius 3 is 2.96 bits per heavy atom. The lowest BCUT2D eigenvalue weighted by molar-refractivity contribution is 0.0768. The normalized spacial score (nSPS) is 16.4. The first kappa shape index (κ1) is 18.2. The van der Waals surface area contributed by atoms with Crippen molar-refractivity contribution in [3.05, 3.63) is 58.7 Å². The zero-order valence-corrected chi connectivity index (χ0v) is 15.2. The fourth-order valence-corrected chi connectivity index (χ4v) is 3.07. The molecule has 0 saturated carbocycles. The number of ether oxygens (including phenoxy) is 1. The van der Waals surface area contributed by atoms with Crippen molar-refractivity contribution in [2.45, 2.75) is 19.4 Å². The van der Waals surface area contributed by atoms with Gasteiger partial charge in [-0.3, -0.25) is 9.59 Å². The molecule has 6 nitrogen and oxygen atoms in total. The maximum Gasteiger partial charge on any atom is 0.256 e. The first-order chi connectivity index (χ1) is 12.6. The number of amides is 2. The van der Waals surface area contributed by atoms with E-state index in [1.54, 1.807) is 47.5 Å². The maximum absolute atomic E-state index is 12.6. The molecule has 2 aromatic rings. The maximum atomic E-state index is 12.6. The number of carbonyl (C=O) groups excluding carboxylic acids is 2. The van der Waals surface area contributed by atoms with Crippen LogP contribution in [0.3, 0.4) is 0 Å². The van der Waals surface area contributed by atoms with Crippen LogP contribution in [0.1, 0.15) is 34.1 Å². The molecule has 0 radical (unpaired) electrons. The van der Waals surface area contributed by atoms with Crippen LogP contribution >= 0.6 is 11.6 Å². The third kappa shape index (κ3) is 4.14. The van der Waals surface area contributed by atoms with Crippen molar-refractivity contribution in [1.29, 1.82) is 0 Å². The fraction of sp³-hybridized carbons (Fsp3) is 0.316. The lowest BCUT2D eigenvalue weighted by Gasteiger charge is -2.18. The number of nitrogens with zero attached hydrogens (tertiary/aromatic N) is 2. The molecule has 2 heterocycles. The molecule has 1 aliphatic rings. The molecule has 3 rings (SSSR count). The highest BCUT2D eigenvalue weighted by Crippen LogP contribution is 2.22. The third-order valence-electron chi connectivity index (χ3n) is 4.14. The molecule has 1 fully saturated rings. The molecule has 0 bridgehead atoms. The number of aromatic nitrogens is 1. The molecular weight excluding hydrogens is 354 g/mol. The predicted molar refractivity (Wildman–Crippen MR) is 98.6 cm³/mol. The molecule has 1 aromatic heterocycles. The van der Waals surface area contributed by atoms with Crippen molar-refractivity contribution in [1.82, 2.24) is 15.2 Å². The van der Waals surface area contributed by atoms with Crippen LogP contribution in [-0.2, 0) is 0 Å². The zero-order chi connectivity index (χ0) is 18.5. The molecule has 1 aliphatic heterocycles. The van der Waals surface area contributed by atoms with E-state index in [0.29, 0.717) is 48.1 Å². The van der Waals surface area contributed by atoms with Gasteiger partial charge in [0.25, 0.3) is 11.8 Å².